The molecule has 6 nitrogen and oxygen atoms in total. The van der Waals surface area contributed by atoms with Crippen LogP contribution in [0.4, 0.5) is 18.9 Å². The Balaban J connectivity index is 1.28. The van der Waals surface area contributed by atoms with Gasteiger partial charge in [-0.2, -0.15) is 13.2 Å². The maximum absolute atomic E-state index is 13.0. The van der Waals surface area contributed by atoms with Gasteiger partial charge in [0.25, 0.3) is 0 Å². The van der Waals surface area contributed by atoms with Gasteiger partial charge in [-0.25, -0.2) is 4.98 Å². The number of aromatic nitrogens is 1. The zero-order valence-corrected chi connectivity index (χ0v) is 18.1. The van der Waals surface area contributed by atoms with Crippen LogP contribution in [-0.4, -0.2) is 49.1 Å². The number of hydrogen-bond acceptors (Lipinski definition) is 5. The quantitative estimate of drug-likeness (QED) is 0.537. The third kappa shape index (κ3) is 5.47. The Morgan fingerprint density at radius 3 is 2.48 bits per heavy atom. The summed E-state index contributed by atoms with van der Waals surface area (Å²) in [5, 5.41) is 0. The molecule has 0 atom stereocenters. The van der Waals surface area contributed by atoms with Gasteiger partial charge in [-0.3, -0.25) is 4.79 Å². The number of carbonyl (C=O) groups is 1. The number of anilines is 1. The molecule has 0 bridgehead atoms. The van der Waals surface area contributed by atoms with E-state index in [-0.39, 0.29) is 12.3 Å². The van der Waals surface area contributed by atoms with Gasteiger partial charge in [0.05, 0.1) is 18.9 Å². The number of ether oxygens (including phenoxy) is 1. The lowest BCUT2D eigenvalue weighted by Crippen LogP contribution is -2.48. The lowest BCUT2D eigenvalue weighted by atomic mass is 10.1. The highest BCUT2D eigenvalue weighted by atomic mass is 19.4. The number of oxazole rings is 1. The van der Waals surface area contributed by atoms with Crippen molar-refractivity contribution in [3.8, 4) is 17.1 Å². The van der Waals surface area contributed by atoms with Crippen LogP contribution in [0.15, 0.2) is 59.1 Å². The van der Waals surface area contributed by atoms with Crippen LogP contribution in [0.5, 0.6) is 5.75 Å². The molecule has 1 saturated heterocycles. The number of methoxy groups -OCH3 is 1. The molecule has 33 heavy (non-hydrogen) atoms. The lowest BCUT2D eigenvalue weighted by molar-refractivity contribution is -0.137. The Morgan fingerprint density at radius 2 is 1.82 bits per heavy atom. The second-order valence-electron chi connectivity index (χ2n) is 7.76. The van der Waals surface area contributed by atoms with Gasteiger partial charge < -0.3 is 19.0 Å². The first-order valence-electron chi connectivity index (χ1n) is 10.6. The molecule has 0 aliphatic carbocycles. The van der Waals surface area contributed by atoms with E-state index in [9.17, 15) is 18.0 Å². The molecule has 174 valence electrons. The van der Waals surface area contributed by atoms with Crippen molar-refractivity contribution < 1.29 is 27.1 Å². The Hall–Kier alpha value is -3.49. The molecule has 1 fully saturated rings. The number of carbonyl (C=O) groups excluding carboxylic acids is 1. The number of aryl methyl sites for hydroxylation is 1. The Bertz CT molecular complexity index is 1090. The third-order valence-corrected chi connectivity index (χ3v) is 5.65. The highest BCUT2D eigenvalue weighted by Gasteiger charge is 2.31. The molecule has 2 heterocycles. The highest BCUT2D eigenvalue weighted by Crippen LogP contribution is 2.32. The number of amides is 1. The molecule has 1 aliphatic rings. The van der Waals surface area contributed by atoms with Crippen LogP contribution in [0.25, 0.3) is 11.3 Å². The largest absolute Gasteiger partial charge is 0.497 e. The van der Waals surface area contributed by atoms with Crippen LogP contribution in [0.3, 0.4) is 0 Å². The summed E-state index contributed by atoms with van der Waals surface area (Å²) >= 11 is 0. The van der Waals surface area contributed by atoms with Crippen molar-refractivity contribution in [2.24, 2.45) is 0 Å². The number of benzene rings is 2. The van der Waals surface area contributed by atoms with Crippen LogP contribution in [0.2, 0.25) is 0 Å². The fourth-order valence-electron chi connectivity index (χ4n) is 3.78. The molecule has 0 N–H and O–H groups in total. The van der Waals surface area contributed by atoms with E-state index in [1.54, 1.807) is 24.3 Å². The monoisotopic (exact) mass is 459 g/mol. The average Bonchev–Trinajstić information content (AvgIpc) is 3.31. The summed E-state index contributed by atoms with van der Waals surface area (Å²) in [6.45, 7) is 1.87. The Labute approximate surface area is 189 Å². The molecule has 0 spiro atoms. The van der Waals surface area contributed by atoms with Gasteiger partial charge in [-0.1, -0.05) is 6.07 Å². The van der Waals surface area contributed by atoms with Gasteiger partial charge in [-0.05, 0) is 42.5 Å². The van der Waals surface area contributed by atoms with Crippen LogP contribution < -0.4 is 9.64 Å². The number of rotatable bonds is 6. The predicted molar refractivity (Wildman–Crippen MR) is 117 cm³/mol. The number of alkyl halides is 3. The number of piperazine rings is 1. The molecular formula is C24H24F3N3O3. The van der Waals surface area contributed by atoms with Crippen molar-refractivity contribution in [2.45, 2.75) is 19.0 Å². The molecule has 9 heteroatoms. The van der Waals surface area contributed by atoms with Crippen LogP contribution >= 0.6 is 0 Å². The predicted octanol–water partition coefficient (Wildman–Crippen LogP) is 4.65. The van der Waals surface area contributed by atoms with Crippen LogP contribution in [-0.2, 0) is 17.4 Å². The van der Waals surface area contributed by atoms with Crippen molar-refractivity contribution in [1.29, 1.82) is 0 Å². The van der Waals surface area contributed by atoms with Gasteiger partial charge in [0.15, 0.2) is 11.7 Å². The van der Waals surface area contributed by atoms with Crippen molar-refractivity contribution in [3.63, 3.8) is 0 Å². The van der Waals surface area contributed by atoms with E-state index in [0.29, 0.717) is 49.9 Å². The molecule has 1 aliphatic heterocycles. The van der Waals surface area contributed by atoms with E-state index < -0.39 is 11.7 Å². The SMILES string of the molecule is COc1ccc(-c2cnc(CCC(=O)N3CCN(c4cccc(C(F)(F)F)c4)CC3)o2)cc1. The molecule has 3 aromatic rings. The van der Waals surface area contributed by atoms with E-state index in [1.165, 1.54) is 6.07 Å². The summed E-state index contributed by atoms with van der Waals surface area (Å²) in [6, 6.07) is 12.7. The summed E-state index contributed by atoms with van der Waals surface area (Å²) in [5.74, 6) is 1.83. The molecule has 2 aromatic carbocycles. The Kier molecular flexibility index (Phi) is 6.57. The fourth-order valence-corrected chi connectivity index (χ4v) is 3.78. The number of hydrogen-bond donors (Lipinski definition) is 0. The van der Waals surface area contributed by atoms with E-state index in [0.717, 1.165) is 23.4 Å². The maximum atomic E-state index is 13.0. The summed E-state index contributed by atoms with van der Waals surface area (Å²) in [5.41, 5.74) is 0.716. The molecular weight excluding hydrogens is 435 g/mol. The fraction of sp³-hybridized carbons (Fsp3) is 0.333. The maximum Gasteiger partial charge on any atom is 0.416 e. The number of nitrogens with zero attached hydrogens (tertiary/aromatic N) is 3. The van der Waals surface area contributed by atoms with Gasteiger partial charge in [0, 0.05) is 50.3 Å². The third-order valence-electron chi connectivity index (χ3n) is 5.65. The highest BCUT2D eigenvalue weighted by molar-refractivity contribution is 5.76. The molecule has 4 rings (SSSR count). The molecule has 1 amide bonds. The topological polar surface area (TPSA) is 58.8 Å². The van der Waals surface area contributed by atoms with Crippen molar-refractivity contribution in [1.82, 2.24) is 9.88 Å². The zero-order chi connectivity index (χ0) is 23.4. The first-order chi connectivity index (χ1) is 15.8. The first-order valence-corrected chi connectivity index (χ1v) is 10.6. The zero-order valence-electron chi connectivity index (χ0n) is 18.1. The molecule has 0 saturated carbocycles. The summed E-state index contributed by atoms with van der Waals surface area (Å²) < 4.78 is 49.8. The van der Waals surface area contributed by atoms with E-state index in [2.05, 4.69) is 4.98 Å². The van der Waals surface area contributed by atoms with E-state index in [1.807, 2.05) is 29.2 Å². The van der Waals surface area contributed by atoms with Crippen molar-refractivity contribution >= 4 is 11.6 Å². The minimum Gasteiger partial charge on any atom is -0.497 e. The first kappa shape index (κ1) is 22.7. The molecule has 0 radical (unpaired) electrons. The van der Waals surface area contributed by atoms with Crippen molar-refractivity contribution in [3.05, 3.63) is 66.2 Å². The van der Waals surface area contributed by atoms with Crippen LogP contribution in [0.1, 0.15) is 17.9 Å². The smallest absolute Gasteiger partial charge is 0.416 e. The van der Waals surface area contributed by atoms with Crippen LogP contribution in [0, 0.1) is 0 Å². The van der Waals surface area contributed by atoms with Gasteiger partial charge in [-0.15, -0.1) is 0 Å². The van der Waals surface area contributed by atoms with Crippen molar-refractivity contribution in [2.75, 3.05) is 38.2 Å². The second kappa shape index (κ2) is 9.56. The minimum atomic E-state index is -4.37. The average molecular weight is 459 g/mol. The summed E-state index contributed by atoms with van der Waals surface area (Å²) in [6.07, 6.45) is -2.11. The standard InChI is InChI=1S/C24H24F3N3O3/c1-32-20-7-5-17(6-8-20)21-16-28-22(33-21)9-10-23(31)30-13-11-29(12-14-30)19-4-2-3-18(15-19)24(25,26)27/h2-8,15-16H,9-14H2,1H3. The summed E-state index contributed by atoms with van der Waals surface area (Å²) in [7, 11) is 1.60. The minimum absolute atomic E-state index is 0.0251. The van der Waals surface area contributed by atoms with E-state index >= 15 is 0 Å². The van der Waals surface area contributed by atoms with E-state index in [4.69, 9.17) is 9.15 Å². The van der Waals surface area contributed by atoms with Gasteiger partial charge in [0.2, 0.25) is 5.91 Å². The number of halogens is 3. The molecule has 1 aromatic heterocycles. The van der Waals surface area contributed by atoms with Gasteiger partial charge >= 0.3 is 6.18 Å². The lowest BCUT2D eigenvalue weighted by Gasteiger charge is -2.36. The molecule has 0 unspecified atom stereocenters. The summed E-state index contributed by atoms with van der Waals surface area (Å²) in [4.78, 5) is 20.5. The normalized spacial score (nSPS) is 14.4. The Morgan fingerprint density at radius 1 is 1.09 bits per heavy atom. The van der Waals surface area contributed by atoms with Gasteiger partial charge in [0.1, 0.15) is 5.75 Å². The second-order valence-corrected chi connectivity index (χ2v) is 7.76.